The summed E-state index contributed by atoms with van der Waals surface area (Å²) >= 11 is 0. The summed E-state index contributed by atoms with van der Waals surface area (Å²) in [4.78, 5) is 14.4. The molecular formula is C22H29N3O2. The summed E-state index contributed by atoms with van der Waals surface area (Å²) in [5.74, 6) is 7.08. The average molecular weight is 367 g/mol. The lowest BCUT2D eigenvalue weighted by molar-refractivity contribution is -0.128. The van der Waals surface area contributed by atoms with Crippen LogP contribution >= 0.6 is 0 Å². The van der Waals surface area contributed by atoms with E-state index in [2.05, 4.69) is 45.0 Å². The molecule has 5 nitrogen and oxygen atoms in total. The van der Waals surface area contributed by atoms with Gasteiger partial charge in [0.2, 0.25) is 5.91 Å². The molecule has 0 spiro atoms. The number of nitrogens with zero attached hydrogens (tertiary/aromatic N) is 2. The summed E-state index contributed by atoms with van der Waals surface area (Å²) in [6.07, 6.45) is 0.560. The second-order valence-electron chi connectivity index (χ2n) is 8.10. The first kappa shape index (κ1) is 19.4. The van der Waals surface area contributed by atoms with Gasteiger partial charge in [0, 0.05) is 6.54 Å². The van der Waals surface area contributed by atoms with Crippen LogP contribution in [0.5, 0.6) is 5.75 Å². The number of carbonyl (C=O) groups excluding carboxylic acids is 1. The molecule has 1 aliphatic heterocycles. The van der Waals surface area contributed by atoms with Gasteiger partial charge in [-0.1, -0.05) is 57.2 Å². The highest BCUT2D eigenvalue weighted by molar-refractivity contribution is 5.80. The van der Waals surface area contributed by atoms with Crippen molar-refractivity contribution < 1.29 is 9.53 Å². The Morgan fingerprint density at radius 1 is 1.07 bits per heavy atom. The maximum atomic E-state index is 12.5. The Kier molecular flexibility index (Phi) is 5.53. The van der Waals surface area contributed by atoms with E-state index in [4.69, 9.17) is 10.6 Å². The number of carbonyl (C=O) groups is 1. The Morgan fingerprint density at radius 3 is 2.26 bits per heavy atom. The fraction of sp³-hybridized carbons (Fsp3) is 0.409. The Morgan fingerprint density at radius 2 is 1.70 bits per heavy atom. The van der Waals surface area contributed by atoms with Crippen LogP contribution in [0.15, 0.2) is 48.5 Å². The lowest BCUT2D eigenvalue weighted by atomic mass is 9.86. The molecule has 3 rings (SSSR count). The Balaban J connectivity index is 1.75. The van der Waals surface area contributed by atoms with E-state index < -0.39 is 0 Å². The van der Waals surface area contributed by atoms with Gasteiger partial charge in [-0.15, -0.1) is 0 Å². The van der Waals surface area contributed by atoms with E-state index in [0.29, 0.717) is 6.54 Å². The van der Waals surface area contributed by atoms with Crippen LogP contribution in [-0.2, 0) is 16.6 Å². The maximum Gasteiger partial charge on any atom is 0.239 e. The summed E-state index contributed by atoms with van der Waals surface area (Å²) in [5, 5.41) is 1.63. The van der Waals surface area contributed by atoms with Gasteiger partial charge in [0.05, 0.1) is 13.7 Å². The maximum absolute atomic E-state index is 12.5. The summed E-state index contributed by atoms with van der Waals surface area (Å²) in [6, 6.07) is 16.4. The largest absolute Gasteiger partial charge is 0.497 e. The van der Waals surface area contributed by atoms with E-state index in [1.807, 2.05) is 29.2 Å². The van der Waals surface area contributed by atoms with Crippen LogP contribution in [0.1, 0.15) is 43.6 Å². The zero-order chi connectivity index (χ0) is 19.6. The third-order valence-electron chi connectivity index (χ3n) is 5.12. The van der Waals surface area contributed by atoms with Gasteiger partial charge in [-0.25, -0.2) is 5.01 Å². The molecule has 27 heavy (non-hydrogen) atoms. The first-order valence-electron chi connectivity index (χ1n) is 9.34. The number of hydrazine groups is 1. The van der Waals surface area contributed by atoms with Crippen molar-refractivity contribution in [2.45, 2.75) is 38.8 Å². The molecule has 1 amide bonds. The number of rotatable bonds is 5. The molecule has 1 fully saturated rings. The van der Waals surface area contributed by atoms with Crippen molar-refractivity contribution in [1.82, 2.24) is 9.91 Å². The third-order valence-corrected chi connectivity index (χ3v) is 5.12. The molecule has 0 radical (unpaired) electrons. The lowest BCUT2D eigenvalue weighted by Gasteiger charge is -2.29. The molecule has 0 bridgehead atoms. The van der Waals surface area contributed by atoms with Gasteiger partial charge >= 0.3 is 0 Å². The number of nitrogens with two attached hydrogens (primary N) is 1. The van der Waals surface area contributed by atoms with Gasteiger partial charge in [-0.3, -0.25) is 10.6 Å². The highest BCUT2D eigenvalue weighted by atomic mass is 16.5. The minimum absolute atomic E-state index is 0.0657. The second-order valence-corrected chi connectivity index (χ2v) is 8.10. The molecule has 1 unspecified atom stereocenters. The zero-order valence-electron chi connectivity index (χ0n) is 16.6. The molecule has 1 heterocycles. The van der Waals surface area contributed by atoms with Gasteiger partial charge in [-0.05, 0) is 40.7 Å². The van der Waals surface area contributed by atoms with Crippen LogP contribution in [0.4, 0.5) is 0 Å². The van der Waals surface area contributed by atoms with Gasteiger partial charge in [0.25, 0.3) is 0 Å². The predicted molar refractivity (Wildman–Crippen MR) is 107 cm³/mol. The molecule has 2 aromatic rings. The Labute approximate surface area is 161 Å². The van der Waals surface area contributed by atoms with Crippen LogP contribution in [0.3, 0.4) is 0 Å². The van der Waals surface area contributed by atoms with E-state index in [1.165, 1.54) is 11.1 Å². The van der Waals surface area contributed by atoms with Gasteiger partial charge in [0.1, 0.15) is 11.9 Å². The fourth-order valence-corrected chi connectivity index (χ4v) is 3.46. The quantitative estimate of drug-likeness (QED) is 0.824. The highest BCUT2D eigenvalue weighted by Crippen LogP contribution is 2.30. The predicted octanol–water partition coefficient (Wildman–Crippen LogP) is 3.25. The van der Waals surface area contributed by atoms with Crippen molar-refractivity contribution in [3.63, 3.8) is 0 Å². The smallest absolute Gasteiger partial charge is 0.239 e. The van der Waals surface area contributed by atoms with Crippen LogP contribution in [0, 0.1) is 0 Å². The minimum Gasteiger partial charge on any atom is -0.497 e. The molecule has 2 aromatic carbocycles. The van der Waals surface area contributed by atoms with Gasteiger partial charge in [-0.2, -0.15) is 0 Å². The Bertz CT molecular complexity index is 779. The number of methoxy groups -OCH3 is 1. The molecule has 0 aromatic heterocycles. The first-order chi connectivity index (χ1) is 12.8. The van der Waals surface area contributed by atoms with Crippen molar-refractivity contribution in [1.29, 1.82) is 0 Å². The van der Waals surface area contributed by atoms with Gasteiger partial charge < -0.3 is 9.64 Å². The summed E-state index contributed by atoms with van der Waals surface area (Å²) in [7, 11) is 1.66. The van der Waals surface area contributed by atoms with Crippen molar-refractivity contribution in [3.8, 4) is 5.75 Å². The van der Waals surface area contributed by atoms with Crippen molar-refractivity contribution >= 4 is 5.91 Å². The highest BCUT2D eigenvalue weighted by Gasteiger charge is 2.36. The molecular weight excluding hydrogens is 338 g/mol. The van der Waals surface area contributed by atoms with E-state index in [1.54, 1.807) is 12.1 Å². The number of amides is 1. The van der Waals surface area contributed by atoms with E-state index in [9.17, 15) is 4.79 Å². The first-order valence-corrected chi connectivity index (χ1v) is 9.34. The van der Waals surface area contributed by atoms with Crippen LogP contribution in [-0.4, -0.2) is 36.0 Å². The summed E-state index contributed by atoms with van der Waals surface area (Å²) < 4.78 is 5.20. The monoisotopic (exact) mass is 367 g/mol. The number of hydrogen-bond donors (Lipinski definition) is 1. The molecule has 144 valence electrons. The lowest BCUT2D eigenvalue weighted by Crippen LogP contribution is -2.36. The van der Waals surface area contributed by atoms with Crippen LogP contribution < -0.4 is 10.6 Å². The number of benzene rings is 2. The minimum atomic E-state index is -0.218. The molecule has 0 aliphatic carbocycles. The molecule has 1 aliphatic rings. The summed E-state index contributed by atoms with van der Waals surface area (Å²) in [5.41, 5.74) is 3.58. The number of hydrogen-bond acceptors (Lipinski definition) is 4. The molecule has 0 saturated carbocycles. The SMILES string of the molecule is COc1ccc(CCN2C(=O)CN(N)C2c2ccc(C(C)(C)C)cc2)cc1. The van der Waals surface area contributed by atoms with Crippen molar-refractivity contribution in [2.24, 2.45) is 5.84 Å². The van der Waals surface area contributed by atoms with Crippen LogP contribution in [0.2, 0.25) is 0 Å². The fourth-order valence-electron chi connectivity index (χ4n) is 3.46. The molecule has 1 saturated heterocycles. The topological polar surface area (TPSA) is 58.8 Å². The second kappa shape index (κ2) is 7.71. The van der Waals surface area contributed by atoms with Crippen molar-refractivity contribution in [2.75, 3.05) is 20.2 Å². The van der Waals surface area contributed by atoms with E-state index in [0.717, 1.165) is 17.7 Å². The standard InChI is InChI=1S/C22H29N3O2/c1-22(2,3)18-9-7-17(8-10-18)21-24(20(26)15-25(21)23)14-13-16-5-11-19(27-4)12-6-16/h5-12,21H,13-15,23H2,1-4H3. The van der Waals surface area contributed by atoms with Crippen LogP contribution in [0.25, 0.3) is 0 Å². The zero-order valence-corrected chi connectivity index (χ0v) is 16.6. The van der Waals surface area contributed by atoms with Gasteiger partial charge in [0.15, 0.2) is 0 Å². The Hall–Kier alpha value is -2.37. The molecule has 5 heteroatoms. The average Bonchev–Trinajstić information content (AvgIpc) is 2.93. The van der Waals surface area contributed by atoms with E-state index >= 15 is 0 Å². The number of ether oxygens (including phenoxy) is 1. The normalized spacial score (nSPS) is 18.2. The third kappa shape index (κ3) is 4.31. The molecule has 1 atom stereocenters. The summed E-state index contributed by atoms with van der Waals surface area (Å²) in [6.45, 7) is 7.45. The van der Waals surface area contributed by atoms with Crippen molar-refractivity contribution in [3.05, 3.63) is 65.2 Å². The van der Waals surface area contributed by atoms with E-state index in [-0.39, 0.29) is 24.0 Å². The molecule has 2 N–H and O–H groups in total.